The fourth-order valence-electron chi connectivity index (χ4n) is 4.64. The molecule has 0 bridgehead atoms. The SMILES string of the molecule is CCCN1CCC[C@@H]2Cc3c(ccc(OC(=O)C(C)(C)C)c3OCC(C)(C)C)C[C@H]21. The van der Waals surface area contributed by atoms with Crippen LogP contribution in [0.1, 0.15) is 78.9 Å². The van der Waals surface area contributed by atoms with Crippen LogP contribution in [0.2, 0.25) is 0 Å². The van der Waals surface area contributed by atoms with Crippen molar-refractivity contribution in [2.24, 2.45) is 16.7 Å². The molecule has 2 atom stereocenters. The van der Waals surface area contributed by atoms with E-state index in [2.05, 4.69) is 38.7 Å². The molecule has 4 heteroatoms. The summed E-state index contributed by atoms with van der Waals surface area (Å²) in [5.74, 6) is 1.82. The summed E-state index contributed by atoms with van der Waals surface area (Å²) in [7, 11) is 0. The fourth-order valence-corrected chi connectivity index (χ4v) is 4.64. The second kappa shape index (κ2) is 8.90. The second-order valence-corrected chi connectivity index (χ2v) is 11.4. The van der Waals surface area contributed by atoms with Crippen LogP contribution >= 0.6 is 0 Å². The van der Waals surface area contributed by atoms with E-state index in [1.807, 2.05) is 26.8 Å². The smallest absolute Gasteiger partial charge is 0.316 e. The van der Waals surface area contributed by atoms with Gasteiger partial charge in [-0.15, -0.1) is 0 Å². The van der Waals surface area contributed by atoms with Crippen molar-refractivity contribution >= 4 is 5.97 Å². The van der Waals surface area contributed by atoms with E-state index in [4.69, 9.17) is 9.47 Å². The summed E-state index contributed by atoms with van der Waals surface area (Å²) in [6, 6.07) is 4.75. The van der Waals surface area contributed by atoms with Crippen LogP contribution in [0, 0.1) is 16.7 Å². The predicted octanol–water partition coefficient (Wildman–Crippen LogP) is 5.65. The minimum atomic E-state index is -0.549. The molecule has 1 saturated heterocycles. The van der Waals surface area contributed by atoms with Crippen molar-refractivity contribution in [1.82, 2.24) is 4.90 Å². The molecule has 2 aliphatic rings. The van der Waals surface area contributed by atoms with Crippen molar-refractivity contribution in [1.29, 1.82) is 0 Å². The number of carbonyl (C=O) groups excluding carboxylic acids is 1. The molecule has 0 N–H and O–H groups in total. The molecule has 1 fully saturated rings. The molecule has 0 amide bonds. The maximum atomic E-state index is 12.6. The topological polar surface area (TPSA) is 38.8 Å². The Labute approximate surface area is 183 Å². The highest BCUT2D eigenvalue weighted by Crippen LogP contribution is 2.43. The van der Waals surface area contributed by atoms with Crippen molar-refractivity contribution in [3.05, 3.63) is 23.3 Å². The van der Waals surface area contributed by atoms with Gasteiger partial charge >= 0.3 is 5.97 Å². The molecule has 0 radical (unpaired) electrons. The minimum absolute atomic E-state index is 0.0357. The van der Waals surface area contributed by atoms with E-state index in [0.29, 0.717) is 24.3 Å². The molecule has 4 nitrogen and oxygen atoms in total. The van der Waals surface area contributed by atoms with Crippen molar-refractivity contribution < 1.29 is 14.3 Å². The molecule has 1 heterocycles. The molecule has 30 heavy (non-hydrogen) atoms. The number of benzene rings is 1. The minimum Gasteiger partial charge on any atom is -0.489 e. The molecule has 1 aromatic rings. The van der Waals surface area contributed by atoms with Gasteiger partial charge in [-0.25, -0.2) is 0 Å². The third-order valence-electron chi connectivity index (χ3n) is 6.23. The van der Waals surface area contributed by atoms with Crippen LogP contribution < -0.4 is 9.47 Å². The second-order valence-electron chi connectivity index (χ2n) is 11.4. The fraction of sp³-hybridized carbons (Fsp3) is 0.731. The highest BCUT2D eigenvalue weighted by atomic mass is 16.6. The molecule has 0 spiro atoms. The molecule has 0 aromatic heterocycles. The van der Waals surface area contributed by atoms with Gasteiger partial charge in [-0.1, -0.05) is 33.8 Å². The van der Waals surface area contributed by atoms with E-state index in [-0.39, 0.29) is 11.4 Å². The number of nitrogens with zero attached hydrogens (tertiary/aromatic N) is 1. The molecule has 1 aromatic carbocycles. The summed E-state index contributed by atoms with van der Waals surface area (Å²) in [4.78, 5) is 15.3. The molecular weight excluding hydrogens is 374 g/mol. The first-order chi connectivity index (χ1) is 14.0. The van der Waals surface area contributed by atoms with Crippen molar-refractivity contribution in [3.63, 3.8) is 0 Å². The van der Waals surface area contributed by atoms with Crippen LogP contribution in [0.25, 0.3) is 0 Å². The van der Waals surface area contributed by atoms with Gasteiger partial charge in [-0.2, -0.15) is 0 Å². The molecule has 0 unspecified atom stereocenters. The zero-order chi connectivity index (χ0) is 22.1. The zero-order valence-corrected chi connectivity index (χ0v) is 20.1. The number of rotatable bonds is 5. The summed E-state index contributed by atoms with van der Waals surface area (Å²) in [5, 5.41) is 0. The van der Waals surface area contributed by atoms with Crippen LogP contribution in [0.5, 0.6) is 11.5 Å². The van der Waals surface area contributed by atoms with Crippen molar-refractivity contribution in [3.8, 4) is 11.5 Å². The number of fused-ring (bicyclic) bond motifs is 2. The Morgan fingerprint density at radius 3 is 2.50 bits per heavy atom. The standard InChI is InChI=1S/C26H41NO3/c1-8-13-27-14-9-10-19-15-20-18(16-21(19)27)11-12-22(30-24(28)26(5,6)7)23(20)29-17-25(2,3)4/h11-12,19,21H,8-10,13-17H2,1-7H3/t19-,21-/m1/s1. The van der Waals surface area contributed by atoms with Gasteiger partial charge in [0.05, 0.1) is 12.0 Å². The van der Waals surface area contributed by atoms with E-state index in [0.717, 1.165) is 18.6 Å². The Bertz CT molecular complexity index is 755. The molecule has 1 aliphatic heterocycles. The van der Waals surface area contributed by atoms with Gasteiger partial charge in [0.1, 0.15) is 0 Å². The third-order valence-corrected chi connectivity index (χ3v) is 6.23. The average molecular weight is 416 g/mol. The zero-order valence-electron chi connectivity index (χ0n) is 20.1. The van der Waals surface area contributed by atoms with Gasteiger partial charge in [0.15, 0.2) is 11.5 Å². The van der Waals surface area contributed by atoms with Gasteiger partial charge in [-0.3, -0.25) is 9.69 Å². The van der Waals surface area contributed by atoms with Crippen LogP contribution in [0.4, 0.5) is 0 Å². The van der Waals surface area contributed by atoms with Crippen LogP contribution in [0.3, 0.4) is 0 Å². The number of hydrogen-bond donors (Lipinski definition) is 0. The lowest BCUT2D eigenvalue weighted by atomic mass is 9.75. The number of piperidine rings is 1. The Morgan fingerprint density at radius 2 is 1.87 bits per heavy atom. The molecule has 0 saturated carbocycles. The highest BCUT2D eigenvalue weighted by molar-refractivity contribution is 5.78. The number of ether oxygens (including phenoxy) is 2. The van der Waals surface area contributed by atoms with E-state index in [1.54, 1.807) is 0 Å². The normalized spacial score (nSPS) is 22.2. The van der Waals surface area contributed by atoms with Crippen LogP contribution in [-0.2, 0) is 17.6 Å². The van der Waals surface area contributed by atoms with Gasteiger partial charge in [0, 0.05) is 11.6 Å². The van der Waals surface area contributed by atoms with E-state index >= 15 is 0 Å². The lowest BCUT2D eigenvalue weighted by Crippen LogP contribution is -2.49. The largest absolute Gasteiger partial charge is 0.489 e. The molecule has 1 aliphatic carbocycles. The Morgan fingerprint density at radius 1 is 1.13 bits per heavy atom. The van der Waals surface area contributed by atoms with Crippen molar-refractivity contribution in [2.75, 3.05) is 19.7 Å². The first kappa shape index (κ1) is 23.1. The summed E-state index contributed by atoms with van der Waals surface area (Å²) in [6.45, 7) is 17.4. The van der Waals surface area contributed by atoms with E-state index in [9.17, 15) is 4.79 Å². The Kier molecular flexibility index (Phi) is 6.86. The van der Waals surface area contributed by atoms with Crippen LogP contribution in [0.15, 0.2) is 12.1 Å². The highest BCUT2D eigenvalue weighted by Gasteiger charge is 2.37. The van der Waals surface area contributed by atoms with E-state index in [1.165, 1.54) is 43.5 Å². The predicted molar refractivity (Wildman–Crippen MR) is 122 cm³/mol. The summed E-state index contributed by atoms with van der Waals surface area (Å²) in [6.07, 6.45) is 5.83. The van der Waals surface area contributed by atoms with Gasteiger partial charge in [-0.05, 0) is 88.9 Å². The Balaban J connectivity index is 1.95. The van der Waals surface area contributed by atoms with Crippen molar-refractivity contribution in [2.45, 2.75) is 86.6 Å². The quantitative estimate of drug-likeness (QED) is 0.460. The lowest BCUT2D eigenvalue weighted by Gasteiger charge is -2.45. The summed E-state index contributed by atoms with van der Waals surface area (Å²) >= 11 is 0. The molecular formula is C26H41NO3. The number of likely N-dealkylation sites (tertiary alicyclic amines) is 1. The van der Waals surface area contributed by atoms with Crippen LogP contribution in [-0.4, -0.2) is 36.6 Å². The van der Waals surface area contributed by atoms with Gasteiger partial charge in [0.25, 0.3) is 0 Å². The number of hydrogen-bond acceptors (Lipinski definition) is 4. The first-order valence-electron chi connectivity index (χ1n) is 11.7. The average Bonchev–Trinajstić information content (AvgIpc) is 2.64. The first-order valence-corrected chi connectivity index (χ1v) is 11.7. The van der Waals surface area contributed by atoms with Gasteiger partial charge < -0.3 is 9.47 Å². The molecule has 3 rings (SSSR count). The third kappa shape index (κ3) is 5.38. The maximum absolute atomic E-state index is 12.6. The monoisotopic (exact) mass is 415 g/mol. The Hall–Kier alpha value is -1.55. The number of carbonyl (C=O) groups is 1. The maximum Gasteiger partial charge on any atom is 0.316 e. The molecule has 168 valence electrons. The van der Waals surface area contributed by atoms with Gasteiger partial charge in [0.2, 0.25) is 0 Å². The number of esters is 1. The van der Waals surface area contributed by atoms with E-state index < -0.39 is 5.41 Å². The summed E-state index contributed by atoms with van der Waals surface area (Å²) < 4.78 is 12.2. The summed E-state index contributed by atoms with van der Waals surface area (Å²) in [5.41, 5.74) is 2.11. The lowest BCUT2D eigenvalue weighted by molar-refractivity contribution is -0.143.